The number of anilines is 2. The molecular formula is C23H32FN5O2. The van der Waals surface area contributed by atoms with Gasteiger partial charge < -0.3 is 10.6 Å². The molecule has 0 radical (unpaired) electrons. The second-order valence-electron chi connectivity index (χ2n) is 8.73. The summed E-state index contributed by atoms with van der Waals surface area (Å²) in [5.74, 6) is -0.760. The standard InChI is InChI=1S/C23H32FN5O2/c1-15(2)13-29-17(4)19(12-25-29)23(31)27-21-11-18(8-9-20(21)24)26-22(30)14-28-10-6-5-7-16(28)3/h8-9,11-12,15-16H,5-7,10,13-14H2,1-4H3,(H,26,30)(H,27,31). The number of carbonyl (C=O) groups excluding carboxylic acids is 2. The van der Waals surface area contributed by atoms with Crippen molar-refractivity contribution in [2.45, 2.75) is 59.5 Å². The second kappa shape index (κ2) is 10.0. The molecule has 1 aromatic carbocycles. The molecule has 2 N–H and O–H groups in total. The lowest BCUT2D eigenvalue weighted by molar-refractivity contribution is -0.118. The summed E-state index contributed by atoms with van der Waals surface area (Å²) in [6, 6.07) is 4.55. The van der Waals surface area contributed by atoms with E-state index in [0.29, 0.717) is 36.3 Å². The normalized spacial score (nSPS) is 17.0. The van der Waals surface area contributed by atoms with E-state index >= 15 is 0 Å². The van der Waals surface area contributed by atoms with E-state index in [1.165, 1.54) is 30.8 Å². The van der Waals surface area contributed by atoms with Crippen molar-refractivity contribution in [3.63, 3.8) is 0 Å². The first-order chi connectivity index (χ1) is 14.7. The fourth-order valence-electron chi connectivity index (χ4n) is 3.87. The highest BCUT2D eigenvalue weighted by Gasteiger charge is 2.21. The van der Waals surface area contributed by atoms with Crippen molar-refractivity contribution in [1.82, 2.24) is 14.7 Å². The number of piperidine rings is 1. The first-order valence-electron chi connectivity index (χ1n) is 10.9. The highest BCUT2D eigenvalue weighted by molar-refractivity contribution is 6.05. The molecule has 2 heterocycles. The van der Waals surface area contributed by atoms with Crippen LogP contribution in [0.2, 0.25) is 0 Å². The van der Waals surface area contributed by atoms with E-state index in [9.17, 15) is 14.0 Å². The van der Waals surface area contributed by atoms with Crippen molar-refractivity contribution in [3.05, 3.63) is 41.5 Å². The maximum Gasteiger partial charge on any atom is 0.259 e. The fourth-order valence-corrected chi connectivity index (χ4v) is 3.87. The molecule has 168 valence electrons. The Hall–Kier alpha value is -2.74. The maximum atomic E-state index is 14.3. The lowest BCUT2D eigenvalue weighted by Crippen LogP contribution is -2.42. The third-order valence-corrected chi connectivity index (χ3v) is 5.67. The van der Waals surface area contributed by atoms with Gasteiger partial charge in [-0.25, -0.2) is 4.39 Å². The third kappa shape index (κ3) is 5.91. The van der Waals surface area contributed by atoms with Crippen molar-refractivity contribution in [3.8, 4) is 0 Å². The molecule has 1 aliphatic rings. The van der Waals surface area contributed by atoms with Gasteiger partial charge in [-0.3, -0.25) is 19.2 Å². The Balaban J connectivity index is 1.66. The van der Waals surface area contributed by atoms with E-state index in [2.05, 4.69) is 41.4 Å². The zero-order valence-corrected chi connectivity index (χ0v) is 18.7. The van der Waals surface area contributed by atoms with Gasteiger partial charge in [0, 0.05) is 24.0 Å². The van der Waals surface area contributed by atoms with E-state index in [1.54, 1.807) is 4.68 Å². The number of likely N-dealkylation sites (tertiary alicyclic amines) is 1. The molecule has 1 aliphatic heterocycles. The minimum absolute atomic E-state index is 0.0187. The highest BCUT2D eigenvalue weighted by atomic mass is 19.1. The number of rotatable bonds is 7. The monoisotopic (exact) mass is 429 g/mol. The van der Waals surface area contributed by atoms with Gasteiger partial charge in [0.05, 0.1) is 24.0 Å². The van der Waals surface area contributed by atoms with Crippen molar-refractivity contribution in [2.24, 2.45) is 5.92 Å². The molecule has 1 unspecified atom stereocenters. The number of hydrogen-bond acceptors (Lipinski definition) is 4. The number of aromatic nitrogens is 2. The van der Waals surface area contributed by atoms with Gasteiger partial charge in [0.25, 0.3) is 5.91 Å². The summed E-state index contributed by atoms with van der Waals surface area (Å²) >= 11 is 0. The largest absolute Gasteiger partial charge is 0.325 e. The van der Waals surface area contributed by atoms with Crippen LogP contribution in [0.15, 0.2) is 24.4 Å². The Morgan fingerprint density at radius 3 is 2.74 bits per heavy atom. The van der Waals surface area contributed by atoms with Crippen LogP contribution in [0.4, 0.5) is 15.8 Å². The fraction of sp³-hybridized carbons (Fsp3) is 0.522. The van der Waals surface area contributed by atoms with Crippen LogP contribution in [-0.2, 0) is 11.3 Å². The number of nitrogens with zero attached hydrogens (tertiary/aromatic N) is 3. The quantitative estimate of drug-likeness (QED) is 0.696. The summed E-state index contributed by atoms with van der Waals surface area (Å²) in [7, 11) is 0. The topological polar surface area (TPSA) is 79.3 Å². The van der Waals surface area contributed by atoms with E-state index in [-0.39, 0.29) is 11.6 Å². The highest BCUT2D eigenvalue weighted by Crippen LogP contribution is 2.22. The van der Waals surface area contributed by atoms with E-state index in [0.717, 1.165) is 25.1 Å². The van der Waals surface area contributed by atoms with Crippen LogP contribution in [0.3, 0.4) is 0 Å². The first kappa shape index (κ1) is 22.9. The van der Waals surface area contributed by atoms with Gasteiger partial charge in [-0.05, 0) is 57.4 Å². The molecule has 1 aromatic heterocycles. The molecule has 0 aliphatic carbocycles. The van der Waals surface area contributed by atoms with Crippen LogP contribution in [-0.4, -0.2) is 45.6 Å². The number of benzene rings is 1. The molecule has 1 saturated heterocycles. The third-order valence-electron chi connectivity index (χ3n) is 5.67. The van der Waals surface area contributed by atoms with Crippen molar-refractivity contribution in [2.75, 3.05) is 23.7 Å². The molecule has 31 heavy (non-hydrogen) atoms. The molecular weight excluding hydrogens is 397 g/mol. The number of nitrogens with one attached hydrogen (secondary N) is 2. The van der Waals surface area contributed by atoms with Gasteiger partial charge >= 0.3 is 0 Å². The Bertz CT molecular complexity index is 940. The molecule has 1 fully saturated rings. The van der Waals surface area contributed by atoms with Crippen molar-refractivity contribution < 1.29 is 14.0 Å². The Labute approximate surface area is 183 Å². The van der Waals surface area contributed by atoms with Crippen LogP contribution < -0.4 is 10.6 Å². The number of carbonyl (C=O) groups is 2. The lowest BCUT2D eigenvalue weighted by Gasteiger charge is -2.32. The minimum atomic E-state index is -0.566. The average Bonchev–Trinajstić information content (AvgIpc) is 3.06. The molecule has 8 heteroatoms. The summed E-state index contributed by atoms with van der Waals surface area (Å²) in [6.07, 6.45) is 4.87. The van der Waals surface area contributed by atoms with Gasteiger partial charge in [-0.2, -0.15) is 5.10 Å². The van der Waals surface area contributed by atoms with E-state index in [1.807, 2.05) is 6.92 Å². The number of halogens is 1. The van der Waals surface area contributed by atoms with Crippen LogP contribution in [0.25, 0.3) is 0 Å². The number of amides is 2. The van der Waals surface area contributed by atoms with Crippen LogP contribution >= 0.6 is 0 Å². The zero-order chi connectivity index (χ0) is 22.5. The molecule has 0 bridgehead atoms. The predicted molar refractivity (Wildman–Crippen MR) is 120 cm³/mol. The SMILES string of the molecule is Cc1c(C(=O)Nc2cc(NC(=O)CN3CCCCC3C)ccc2F)cnn1CC(C)C. The molecule has 2 aromatic rings. The maximum absolute atomic E-state index is 14.3. The minimum Gasteiger partial charge on any atom is -0.325 e. The summed E-state index contributed by atoms with van der Waals surface area (Å²) in [5.41, 5.74) is 1.59. The van der Waals surface area contributed by atoms with Gasteiger partial charge in [0.1, 0.15) is 5.82 Å². The van der Waals surface area contributed by atoms with Gasteiger partial charge in [0.15, 0.2) is 0 Å². The summed E-state index contributed by atoms with van der Waals surface area (Å²) in [6.45, 7) is 9.99. The first-order valence-corrected chi connectivity index (χ1v) is 10.9. The molecule has 3 rings (SSSR count). The molecule has 0 spiro atoms. The zero-order valence-electron chi connectivity index (χ0n) is 18.7. The predicted octanol–water partition coefficient (Wildman–Crippen LogP) is 4.05. The number of hydrogen-bond donors (Lipinski definition) is 2. The van der Waals surface area contributed by atoms with Gasteiger partial charge in [0.2, 0.25) is 5.91 Å². The molecule has 7 nitrogen and oxygen atoms in total. The van der Waals surface area contributed by atoms with Gasteiger partial charge in [-0.15, -0.1) is 0 Å². The average molecular weight is 430 g/mol. The summed E-state index contributed by atoms with van der Waals surface area (Å²) < 4.78 is 16.1. The second-order valence-corrected chi connectivity index (χ2v) is 8.73. The smallest absolute Gasteiger partial charge is 0.259 e. The van der Waals surface area contributed by atoms with Gasteiger partial charge in [-0.1, -0.05) is 20.3 Å². The van der Waals surface area contributed by atoms with E-state index in [4.69, 9.17) is 0 Å². The van der Waals surface area contributed by atoms with Crippen molar-refractivity contribution >= 4 is 23.2 Å². The molecule has 0 saturated carbocycles. The Morgan fingerprint density at radius 2 is 2.03 bits per heavy atom. The Kier molecular flexibility index (Phi) is 7.43. The van der Waals surface area contributed by atoms with Crippen LogP contribution in [0, 0.1) is 18.7 Å². The van der Waals surface area contributed by atoms with Crippen LogP contribution in [0.1, 0.15) is 56.1 Å². The summed E-state index contributed by atoms with van der Waals surface area (Å²) in [5, 5.41) is 9.68. The lowest BCUT2D eigenvalue weighted by atomic mass is 10.0. The summed E-state index contributed by atoms with van der Waals surface area (Å²) in [4.78, 5) is 27.3. The Morgan fingerprint density at radius 1 is 1.26 bits per heavy atom. The van der Waals surface area contributed by atoms with Crippen molar-refractivity contribution in [1.29, 1.82) is 0 Å². The van der Waals surface area contributed by atoms with Crippen LogP contribution in [0.5, 0.6) is 0 Å². The molecule has 1 atom stereocenters. The molecule has 2 amide bonds. The van der Waals surface area contributed by atoms with E-state index < -0.39 is 11.7 Å².